The lowest BCUT2D eigenvalue weighted by atomic mass is 10.2. The van der Waals surface area contributed by atoms with Crippen LogP contribution in [-0.2, 0) is 19.6 Å². The molecular formula is C17H25N3O4S. The third-order valence-corrected chi connectivity index (χ3v) is 6.48. The van der Waals surface area contributed by atoms with E-state index in [0.717, 1.165) is 18.7 Å². The largest absolute Gasteiger partial charge is 0.379 e. The molecule has 0 atom stereocenters. The highest BCUT2D eigenvalue weighted by molar-refractivity contribution is 7.89. The van der Waals surface area contributed by atoms with Gasteiger partial charge in [-0.2, -0.15) is 4.31 Å². The molecule has 1 aromatic rings. The molecule has 0 unspecified atom stereocenters. The summed E-state index contributed by atoms with van der Waals surface area (Å²) in [5, 5.41) is 0. The van der Waals surface area contributed by atoms with Gasteiger partial charge >= 0.3 is 0 Å². The van der Waals surface area contributed by atoms with Crippen molar-refractivity contribution in [1.82, 2.24) is 14.1 Å². The molecule has 0 spiro atoms. The molecule has 7 nitrogen and oxygen atoms in total. The molecule has 3 rings (SSSR count). The van der Waals surface area contributed by atoms with E-state index in [2.05, 4.69) is 4.90 Å². The lowest BCUT2D eigenvalue weighted by Crippen LogP contribution is -2.52. The molecular weight excluding hydrogens is 342 g/mol. The van der Waals surface area contributed by atoms with E-state index in [4.69, 9.17) is 4.74 Å². The number of amides is 1. The lowest BCUT2D eigenvalue weighted by Gasteiger charge is -2.36. The van der Waals surface area contributed by atoms with Crippen LogP contribution in [0, 0.1) is 6.92 Å². The Hall–Kier alpha value is -1.48. The van der Waals surface area contributed by atoms with Crippen molar-refractivity contribution in [2.45, 2.75) is 18.2 Å². The average Bonchev–Trinajstić information content (AvgIpc) is 2.63. The summed E-state index contributed by atoms with van der Waals surface area (Å²) in [4.78, 5) is 16.5. The van der Waals surface area contributed by atoms with E-state index >= 15 is 0 Å². The van der Waals surface area contributed by atoms with Crippen molar-refractivity contribution in [3.8, 4) is 0 Å². The first kappa shape index (κ1) is 18.3. The van der Waals surface area contributed by atoms with Gasteiger partial charge in [-0.3, -0.25) is 9.69 Å². The van der Waals surface area contributed by atoms with E-state index in [0.29, 0.717) is 39.3 Å². The zero-order valence-electron chi connectivity index (χ0n) is 14.6. The van der Waals surface area contributed by atoms with Gasteiger partial charge < -0.3 is 9.64 Å². The molecule has 2 saturated heterocycles. The summed E-state index contributed by atoms with van der Waals surface area (Å²) >= 11 is 0. The van der Waals surface area contributed by atoms with E-state index in [1.165, 1.54) is 4.31 Å². The van der Waals surface area contributed by atoms with Crippen LogP contribution in [0.25, 0.3) is 0 Å². The Kier molecular flexibility index (Phi) is 5.73. The Balaban J connectivity index is 1.65. The van der Waals surface area contributed by atoms with Crippen molar-refractivity contribution >= 4 is 15.9 Å². The summed E-state index contributed by atoms with van der Waals surface area (Å²) in [7, 11) is -3.57. The van der Waals surface area contributed by atoms with Crippen molar-refractivity contribution in [2.24, 2.45) is 0 Å². The molecule has 138 valence electrons. The maximum Gasteiger partial charge on any atom is 0.244 e. The van der Waals surface area contributed by atoms with Gasteiger partial charge in [0.1, 0.15) is 0 Å². The molecule has 0 aliphatic carbocycles. The number of hydrogen-bond acceptors (Lipinski definition) is 5. The molecule has 2 aliphatic rings. The zero-order valence-corrected chi connectivity index (χ0v) is 15.4. The molecule has 0 saturated carbocycles. The van der Waals surface area contributed by atoms with Gasteiger partial charge in [0.25, 0.3) is 0 Å². The molecule has 0 N–H and O–H groups in total. The number of morpholine rings is 1. The fraction of sp³-hybridized carbons (Fsp3) is 0.588. The quantitative estimate of drug-likeness (QED) is 0.775. The van der Waals surface area contributed by atoms with E-state index in [-0.39, 0.29) is 17.5 Å². The number of hydrogen-bond donors (Lipinski definition) is 0. The van der Waals surface area contributed by atoms with E-state index in [9.17, 15) is 13.2 Å². The third-order valence-electron chi connectivity index (χ3n) is 4.64. The van der Waals surface area contributed by atoms with E-state index in [1.54, 1.807) is 29.2 Å². The predicted molar refractivity (Wildman–Crippen MR) is 93.5 cm³/mol. The van der Waals surface area contributed by atoms with Gasteiger partial charge in [0.2, 0.25) is 15.9 Å². The molecule has 2 heterocycles. The first-order valence-electron chi connectivity index (χ1n) is 8.61. The van der Waals surface area contributed by atoms with Crippen LogP contribution in [0.4, 0.5) is 0 Å². The second kappa shape index (κ2) is 7.82. The van der Waals surface area contributed by atoms with Crippen LogP contribution in [0.5, 0.6) is 0 Å². The molecule has 8 heteroatoms. The molecule has 1 aromatic carbocycles. The summed E-state index contributed by atoms with van der Waals surface area (Å²) in [5.74, 6) is -0.0225. The Bertz CT molecular complexity index is 699. The fourth-order valence-electron chi connectivity index (χ4n) is 3.08. The summed E-state index contributed by atoms with van der Waals surface area (Å²) < 4.78 is 32.3. The highest BCUT2D eigenvalue weighted by Gasteiger charge is 2.31. The normalized spacial score (nSPS) is 20.6. The number of nitrogens with zero attached hydrogens (tertiary/aromatic N) is 3. The topological polar surface area (TPSA) is 70.2 Å². The Morgan fingerprint density at radius 3 is 2.44 bits per heavy atom. The highest BCUT2D eigenvalue weighted by atomic mass is 32.2. The highest BCUT2D eigenvalue weighted by Crippen LogP contribution is 2.20. The van der Waals surface area contributed by atoms with Gasteiger partial charge in [-0.15, -0.1) is 0 Å². The summed E-state index contributed by atoms with van der Waals surface area (Å²) in [6.45, 7) is 6.17. The number of rotatable bonds is 4. The van der Waals surface area contributed by atoms with Crippen LogP contribution in [0.1, 0.15) is 12.0 Å². The second-order valence-electron chi connectivity index (χ2n) is 6.53. The van der Waals surface area contributed by atoms with Crippen molar-refractivity contribution < 1.29 is 17.9 Å². The molecule has 25 heavy (non-hydrogen) atoms. The minimum atomic E-state index is -3.57. The first-order chi connectivity index (χ1) is 12.0. The SMILES string of the molecule is Cc1ccc(S(=O)(=O)N2CCCN(C(=O)CN3CCOCC3)C2)cc1. The summed E-state index contributed by atoms with van der Waals surface area (Å²) in [6, 6.07) is 6.83. The number of carbonyl (C=O) groups excluding carboxylic acids is 1. The second-order valence-corrected chi connectivity index (χ2v) is 8.47. The van der Waals surface area contributed by atoms with Gasteiger partial charge in [0.05, 0.1) is 31.3 Å². The maximum atomic E-state index is 12.8. The average molecular weight is 367 g/mol. The molecule has 0 radical (unpaired) electrons. The van der Waals surface area contributed by atoms with Crippen LogP contribution in [0.3, 0.4) is 0 Å². The third kappa shape index (κ3) is 4.38. The van der Waals surface area contributed by atoms with Gasteiger partial charge in [-0.25, -0.2) is 8.42 Å². The molecule has 1 amide bonds. The number of aryl methyl sites for hydroxylation is 1. The van der Waals surface area contributed by atoms with Gasteiger partial charge in [0.15, 0.2) is 0 Å². The van der Waals surface area contributed by atoms with E-state index < -0.39 is 10.0 Å². The standard InChI is InChI=1S/C17H25N3O4S/c1-15-3-5-16(6-4-15)25(22,23)20-8-2-7-19(14-20)17(21)13-18-9-11-24-12-10-18/h3-6H,2,7-14H2,1H3. The summed E-state index contributed by atoms with van der Waals surface area (Å²) in [5.41, 5.74) is 1.01. The molecule has 0 aromatic heterocycles. The summed E-state index contributed by atoms with van der Waals surface area (Å²) in [6.07, 6.45) is 0.653. The van der Waals surface area contributed by atoms with E-state index in [1.807, 2.05) is 6.92 Å². The minimum absolute atomic E-state index is 0.0225. The van der Waals surface area contributed by atoms with Crippen molar-refractivity contribution in [2.75, 3.05) is 52.6 Å². The molecule has 2 fully saturated rings. The zero-order chi connectivity index (χ0) is 17.9. The fourth-order valence-corrected chi connectivity index (χ4v) is 4.52. The van der Waals surface area contributed by atoms with Crippen molar-refractivity contribution in [1.29, 1.82) is 0 Å². The molecule has 0 bridgehead atoms. The molecule has 2 aliphatic heterocycles. The van der Waals surface area contributed by atoms with Gasteiger partial charge in [-0.1, -0.05) is 17.7 Å². The van der Waals surface area contributed by atoms with Crippen molar-refractivity contribution in [3.63, 3.8) is 0 Å². The minimum Gasteiger partial charge on any atom is -0.379 e. The number of carbonyl (C=O) groups is 1. The Labute approximate surface area is 149 Å². The Morgan fingerprint density at radius 1 is 1.08 bits per heavy atom. The van der Waals surface area contributed by atoms with Crippen LogP contribution in [0.2, 0.25) is 0 Å². The van der Waals surface area contributed by atoms with Crippen molar-refractivity contribution in [3.05, 3.63) is 29.8 Å². The first-order valence-corrected chi connectivity index (χ1v) is 10.1. The Morgan fingerprint density at radius 2 is 1.76 bits per heavy atom. The number of ether oxygens (including phenoxy) is 1. The lowest BCUT2D eigenvalue weighted by molar-refractivity contribution is -0.136. The number of sulfonamides is 1. The smallest absolute Gasteiger partial charge is 0.244 e. The number of benzene rings is 1. The van der Waals surface area contributed by atoms with Crippen LogP contribution in [0.15, 0.2) is 29.2 Å². The van der Waals surface area contributed by atoms with Crippen LogP contribution < -0.4 is 0 Å². The van der Waals surface area contributed by atoms with Crippen LogP contribution in [-0.4, -0.2) is 81.0 Å². The predicted octanol–water partition coefficient (Wildman–Crippen LogP) is 0.508. The van der Waals surface area contributed by atoms with Gasteiger partial charge in [-0.05, 0) is 25.5 Å². The van der Waals surface area contributed by atoms with Crippen LogP contribution >= 0.6 is 0 Å². The maximum absolute atomic E-state index is 12.8. The monoisotopic (exact) mass is 367 g/mol. The van der Waals surface area contributed by atoms with Gasteiger partial charge in [0, 0.05) is 26.2 Å².